The maximum Gasteiger partial charge on any atom is 0.326 e. The van der Waals surface area contributed by atoms with Gasteiger partial charge in [-0.3, -0.25) is 0 Å². The van der Waals surface area contributed by atoms with Gasteiger partial charge in [0.1, 0.15) is 17.8 Å². The molecule has 0 aliphatic carbocycles. The SMILES string of the molecule is COCCC(Nc1nccc(C#N)n1)C(=O)O. The van der Waals surface area contributed by atoms with E-state index in [0.29, 0.717) is 6.61 Å². The van der Waals surface area contributed by atoms with Crippen LogP contribution in [-0.2, 0) is 9.53 Å². The van der Waals surface area contributed by atoms with E-state index in [0.717, 1.165) is 0 Å². The van der Waals surface area contributed by atoms with Crippen molar-refractivity contribution in [2.24, 2.45) is 0 Å². The zero-order valence-corrected chi connectivity index (χ0v) is 9.25. The van der Waals surface area contributed by atoms with Crippen LogP contribution in [0.15, 0.2) is 12.3 Å². The summed E-state index contributed by atoms with van der Waals surface area (Å²) in [5, 5.41) is 20.2. The highest BCUT2D eigenvalue weighted by Gasteiger charge is 2.17. The van der Waals surface area contributed by atoms with Gasteiger partial charge in [0.05, 0.1) is 0 Å². The van der Waals surface area contributed by atoms with Crippen LogP contribution in [0.1, 0.15) is 12.1 Å². The van der Waals surface area contributed by atoms with Crippen LogP contribution in [0.2, 0.25) is 0 Å². The molecule has 0 saturated heterocycles. The van der Waals surface area contributed by atoms with Gasteiger partial charge in [-0.25, -0.2) is 14.8 Å². The van der Waals surface area contributed by atoms with Gasteiger partial charge in [-0.05, 0) is 6.07 Å². The van der Waals surface area contributed by atoms with E-state index in [-0.39, 0.29) is 18.1 Å². The second-order valence-electron chi connectivity index (χ2n) is 3.19. The molecule has 1 aromatic rings. The molecule has 2 N–H and O–H groups in total. The van der Waals surface area contributed by atoms with Gasteiger partial charge in [0, 0.05) is 26.3 Å². The molecule has 1 atom stereocenters. The number of ether oxygens (including phenoxy) is 1. The number of aromatic nitrogens is 2. The van der Waals surface area contributed by atoms with Gasteiger partial charge >= 0.3 is 5.97 Å². The molecule has 1 heterocycles. The summed E-state index contributed by atoms with van der Waals surface area (Å²) in [4.78, 5) is 18.6. The number of rotatable bonds is 6. The molecule has 0 aliphatic rings. The second-order valence-corrected chi connectivity index (χ2v) is 3.19. The summed E-state index contributed by atoms with van der Waals surface area (Å²) in [7, 11) is 1.49. The second kappa shape index (κ2) is 6.40. The largest absolute Gasteiger partial charge is 0.480 e. The zero-order chi connectivity index (χ0) is 12.7. The van der Waals surface area contributed by atoms with Gasteiger partial charge in [-0.1, -0.05) is 0 Å². The predicted octanol–water partition coefficient (Wildman–Crippen LogP) is 0.250. The van der Waals surface area contributed by atoms with Crippen molar-refractivity contribution in [1.82, 2.24) is 9.97 Å². The fourth-order valence-corrected chi connectivity index (χ4v) is 1.14. The third kappa shape index (κ3) is 4.04. The van der Waals surface area contributed by atoms with E-state index < -0.39 is 12.0 Å². The number of hydrogen-bond acceptors (Lipinski definition) is 6. The van der Waals surface area contributed by atoms with Crippen LogP contribution < -0.4 is 5.32 Å². The fraction of sp³-hybridized carbons (Fsp3) is 0.400. The number of carboxylic acids is 1. The van der Waals surface area contributed by atoms with Crippen LogP contribution in [0.3, 0.4) is 0 Å². The number of methoxy groups -OCH3 is 1. The van der Waals surface area contributed by atoms with Crippen molar-refractivity contribution in [1.29, 1.82) is 5.26 Å². The molecule has 1 rings (SSSR count). The van der Waals surface area contributed by atoms with E-state index in [1.54, 1.807) is 0 Å². The summed E-state index contributed by atoms with van der Waals surface area (Å²) in [5.74, 6) is -0.902. The Labute approximate surface area is 98.1 Å². The minimum Gasteiger partial charge on any atom is -0.480 e. The first-order valence-corrected chi connectivity index (χ1v) is 4.88. The molecule has 7 heteroatoms. The highest BCUT2D eigenvalue weighted by Crippen LogP contribution is 2.04. The molecule has 17 heavy (non-hydrogen) atoms. The van der Waals surface area contributed by atoms with Crippen molar-refractivity contribution in [2.75, 3.05) is 19.0 Å². The molecule has 1 unspecified atom stereocenters. The number of nitrogens with one attached hydrogen (secondary N) is 1. The van der Waals surface area contributed by atoms with Gasteiger partial charge in [-0.15, -0.1) is 0 Å². The summed E-state index contributed by atoms with van der Waals surface area (Å²) in [6.45, 7) is 0.307. The van der Waals surface area contributed by atoms with Crippen LogP contribution >= 0.6 is 0 Å². The summed E-state index contributed by atoms with van der Waals surface area (Å²) in [6.07, 6.45) is 1.68. The Morgan fingerprint density at radius 1 is 1.76 bits per heavy atom. The number of nitrogens with zero attached hydrogens (tertiary/aromatic N) is 3. The topological polar surface area (TPSA) is 108 Å². The van der Waals surface area contributed by atoms with E-state index in [4.69, 9.17) is 15.1 Å². The average molecular weight is 236 g/mol. The molecule has 0 saturated carbocycles. The van der Waals surface area contributed by atoms with Gasteiger partial charge in [0.2, 0.25) is 5.95 Å². The van der Waals surface area contributed by atoms with Gasteiger partial charge in [0.25, 0.3) is 0 Å². The Morgan fingerprint density at radius 3 is 3.12 bits per heavy atom. The smallest absolute Gasteiger partial charge is 0.326 e. The molecule has 0 aromatic carbocycles. The van der Waals surface area contributed by atoms with Crippen LogP contribution in [0.4, 0.5) is 5.95 Å². The fourth-order valence-electron chi connectivity index (χ4n) is 1.14. The number of hydrogen-bond donors (Lipinski definition) is 2. The van der Waals surface area contributed by atoms with Crippen molar-refractivity contribution in [3.63, 3.8) is 0 Å². The lowest BCUT2D eigenvalue weighted by Crippen LogP contribution is -2.31. The predicted molar refractivity (Wildman–Crippen MR) is 58.3 cm³/mol. The van der Waals surface area contributed by atoms with Crippen molar-refractivity contribution in [2.45, 2.75) is 12.5 Å². The lowest BCUT2D eigenvalue weighted by Gasteiger charge is -2.13. The summed E-state index contributed by atoms with van der Waals surface area (Å²) in [6, 6.07) is 2.45. The Balaban J connectivity index is 2.72. The highest BCUT2D eigenvalue weighted by atomic mass is 16.5. The summed E-state index contributed by atoms with van der Waals surface area (Å²) in [5.41, 5.74) is 0.179. The van der Waals surface area contributed by atoms with Crippen molar-refractivity contribution < 1.29 is 14.6 Å². The first-order valence-electron chi connectivity index (χ1n) is 4.88. The van der Waals surface area contributed by atoms with E-state index in [1.807, 2.05) is 6.07 Å². The van der Waals surface area contributed by atoms with E-state index in [1.165, 1.54) is 19.4 Å². The maximum absolute atomic E-state index is 10.9. The number of nitriles is 1. The van der Waals surface area contributed by atoms with Crippen molar-refractivity contribution in [3.8, 4) is 6.07 Å². The Kier molecular flexibility index (Phi) is 4.84. The van der Waals surface area contributed by atoms with E-state index in [2.05, 4.69) is 15.3 Å². The molecular formula is C10H12N4O3. The summed E-state index contributed by atoms with van der Waals surface area (Å²) < 4.78 is 4.81. The van der Waals surface area contributed by atoms with Crippen LogP contribution in [0, 0.1) is 11.3 Å². The minimum atomic E-state index is -1.02. The normalized spacial score (nSPS) is 11.5. The highest BCUT2D eigenvalue weighted by molar-refractivity contribution is 5.76. The maximum atomic E-state index is 10.9. The van der Waals surface area contributed by atoms with Crippen LogP contribution in [0.25, 0.3) is 0 Å². The number of aliphatic carboxylic acids is 1. The number of carboxylic acid groups (broad SMARTS) is 1. The average Bonchev–Trinajstić information content (AvgIpc) is 2.34. The van der Waals surface area contributed by atoms with Crippen LogP contribution in [0.5, 0.6) is 0 Å². The molecule has 90 valence electrons. The number of carbonyl (C=O) groups is 1. The quantitative estimate of drug-likeness (QED) is 0.728. The monoisotopic (exact) mass is 236 g/mol. The molecule has 0 spiro atoms. The standard InChI is InChI=1S/C10H12N4O3/c1-17-5-3-8(9(15)16)14-10-12-4-2-7(6-11)13-10/h2,4,8H,3,5H2,1H3,(H,15,16)(H,12,13,14). The molecule has 7 nitrogen and oxygen atoms in total. The zero-order valence-electron chi connectivity index (χ0n) is 9.25. The Morgan fingerprint density at radius 2 is 2.53 bits per heavy atom. The third-order valence-corrected chi connectivity index (χ3v) is 1.98. The van der Waals surface area contributed by atoms with Gasteiger partial charge in [0.15, 0.2) is 0 Å². The molecule has 0 fully saturated rings. The molecule has 0 amide bonds. The molecule has 1 aromatic heterocycles. The number of anilines is 1. The minimum absolute atomic E-state index is 0.118. The van der Waals surface area contributed by atoms with Crippen molar-refractivity contribution in [3.05, 3.63) is 18.0 Å². The first kappa shape index (κ1) is 12.9. The molecular weight excluding hydrogens is 224 g/mol. The molecule has 0 radical (unpaired) electrons. The lowest BCUT2D eigenvalue weighted by molar-refractivity contribution is -0.138. The van der Waals surface area contributed by atoms with E-state index >= 15 is 0 Å². The molecule has 0 bridgehead atoms. The van der Waals surface area contributed by atoms with Gasteiger partial charge < -0.3 is 15.2 Å². The first-order chi connectivity index (χ1) is 8.17. The summed E-state index contributed by atoms with van der Waals surface area (Å²) >= 11 is 0. The van der Waals surface area contributed by atoms with Gasteiger partial charge in [-0.2, -0.15) is 5.26 Å². The lowest BCUT2D eigenvalue weighted by atomic mass is 10.2. The third-order valence-electron chi connectivity index (χ3n) is 1.98. The van der Waals surface area contributed by atoms with E-state index in [9.17, 15) is 4.79 Å². The van der Waals surface area contributed by atoms with Crippen LogP contribution in [-0.4, -0.2) is 40.8 Å². The Bertz CT molecular complexity index is 430. The molecule has 0 aliphatic heterocycles. The Hall–Kier alpha value is -2.20. The van der Waals surface area contributed by atoms with Crippen molar-refractivity contribution >= 4 is 11.9 Å².